The van der Waals surface area contributed by atoms with Crippen LogP contribution in [0.25, 0.3) is 0 Å². The van der Waals surface area contributed by atoms with Crippen LogP contribution in [-0.2, 0) is 4.74 Å². The molecule has 3 atom stereocenters. The second-order valence-corrected chi connectivity index (χ2v) is 7.62. The van der Waals surface area contributed by atoms with Crippen LogP contribution in [0.1, 0.15) is 32.4 Å². The van der Waals surface area contributed by atoms with Crippen LogP contribution in [0.15, 0.2) is 18.2 Å². The maximum atomic E-state index is 13.5. The first-order chi connectivity index (χ1) is 11.1. The van der Waals surface area contributed by atoms with Gasteiger partial charge in [0, 0.05) is 12.5 Å². The minimum atomic E-state index is -1.05. The summed E-state index contributed by atoms with van der Waals surface area (Å²) in [7, 11) is 0. The van der Waals surface area contributed by atoms with E-state index in [0.29, 0.717) is 5.56 Å². The van der Waals surface area contributed by atoms with Gasteiger partial charge in [-0.1, -0.05) is 38.4 Å². The van der Waals surface area contributed by atoms with E-state index < -0.39 is 23.9 Å². The highest BCUT2D eigenvalue weighted by atomic mass is 35.5. The average molecular weight is 360 g/mol. The molecule has 1 aliphatic rings. The summed E-state index contributed by atoms with van der Waals surface area (Å²) >= 11 is 5.87. The van der Waals surface area contributed by atoms with Gasteiger partial charge in [0.15, 0.2) is 0 Å². The van der Waals surface area contributed by atoms with Crippen molar-refractivity contribution in [3.05, 3.63) is 34.6 Å². The zero-order chi connectivity index (χ0) is 18.1. The monoisotopic (exact) mass is 359 g/mol. The predicted octanol–water partition coefficient (Wildman–Crippen LogP) is 3.55. The fraction of sp³-hybridized carbons (Fsp3) is 0.588. The van der Waals surface area contributed by atoms with Gasteiger partial charge in [0.2, 0.25) is 0 Å². The molecule has 0 bridgehead atoms. The lowest BCUT2D eigenvalue weighted by atomic mass is 9.88. The Balaban J connectivity index is 2.42. The van der Waals surface area contributed by atoms with E-state index >= 15 is 0 Å². The molecule has 1 aliphatic heterocycles. The molecule has 2 N–H and O–H groups in total. The molecule has 2 rings (SSSR count). The van der Waals surface area contributed by atoms with Crippen molar-refractivity contribution < 1.29 is 24.1 Å². The molecule has 5 nitrogen and oxygen atoms in total. The fourth-order valence-corrected chi connectivity index (χ4v) is 3.00. The molecule has 3 unspecified atom stereocenters. The quantitative estimate of drug-likeness (QED) is 0.847. The minimum absolute atomic E-state index is 0.0283. The normalized spacial score (nSPS) is 25.4. The maximum absolute atomic E-state index is 13.5. The first-order valence-electron chi connectivity index (χ1n) is 7.82. The van der Waals surface area contributed by atoms with Gasteiger partial charge in [-0.05, 0) is 23.1 Å². The van der Waals surface area contributed by atoms with E-state index in [0.717, 1.165) is 0 Å². The standard InChI is InChI=1S/C17H23ClFNO4/c1-17(2,3)14-8-20(16(22)23)7-11(9-21)15(24-14)10-4-5-13(19)12(18)6-10/h4-6,11,14-15,21H,7-9H2,1-3H3,(H,22,23). The summed E-state index contributed by atoms with van der Waals surface area (Å²) in [6.07, 6.45) is -2.00. The molecule has 1 fully saturated rings. The van der Waals surface area contributed by atoms with Crippen LogP contribution >= 0.6 is 11.6 Å². The lowest BCUT2D eigenvalue weighted by Crippen LogP contribution is -2.42. The van der Waals surface area contributed by atoms with Gasteiger partial charge in [-0.15, -0.1) is 0 Å². The number of rotatable bonds is 2. The molecule has 1 amide bonds. The van der Waals surface area contributed by atoms with E-state index in [2.05, 4.69) is 0 Å². The van der Waals surface area contributed by atoms with Crippen LogP contribution in [0.2, 0.25) is 5.02 Å². The Morgan fingerprint density at radius 1 is 1.42 bits per heavy atom. The zero-order valence-corrected chi connectivity index (χ0v) is 14.8. The van der Waals surface area contributed by atoms with Crippen LogP contribution in [0.3, 0.4) is 0 Å². The largest absolute Gasteiger partial charge is 0.465 e. The Hall–Kier alpha value is -1.37. The van der Waals surface area contributed by atoms with Crippen molar-refractivity contribution in [3.8, 4) is 0 Å². The highest BCUT2D eigenvalue weighted by molar-refractivity contribution is 6.30. The van der Waals surface area contributed by atoms with E-state index in [9.17, 15) is 19.4 Å². The number of carbonyl (C=O) groups is 1. The van der Waals surface area contributed by atoms with E-state index in [1.165, 1.54) is 17.0 Å². The van der Waals surface area contributed by atoms with Gasteiger partial charge in [0.25, 0.3) is 0 Å². The van der Waals surface area contributed by atoms with Crippen molar-refractivity contribution >= 4 is 17.7 Å². The van der Waals surface area contributed by atoms with Crippen LogP contribution < -0.4 is 0 Å². The van der Waals surface area contributed by atoms with Gasteiger partial charge < -0.3 is 19.8 Å². The number of amides is 1. The van der Waals surface area contributed by atoms with E-state index in [1.807, 2.05) is 20.8 Å². The maximum Gasteiger partial charge on any atom is 0.407 e. The number of nitrogens with zero attached hydrogens (tertiary/aromatic N) is 1. The third-order valence-corrected chi connectivity index (χ3v) is 4.61. The molecule has 0 saturated carbocycles. The first kappa shape index (κ1) is 19.0. The predicted molar refractivity (Wildman–Crippen MR) is 88.7 cm³/mol. The molecule has 134 valence electrons. The molecule has 1 aromatic rings. The lowest BCUT2D eigenvalue weighted by molar-refractivity contribution is -0.0827. The third kappa shape index (κ3) is 4.18. The third-order valence-electron chi connectivity index (χ3n) is 4.32. The summed E-state index contributed by atoms with van der Waals surface area (Å²) in [6.45, 7) is 5.99. The second kappa shape index (κ2) is 7.25. The van der Waals surface area contributed by atoms with Crippen molar-refractivity contribution in [2.45, 2.75) is 33.0 Å². The Kier molecular flexibility index (Phi) is 5.73. The molecule has 7 heteroatoms. The van der Waals surface area contributed by atoms with Crippen LogP contribution in [0.4, 0.5) is 9.18 Å². The van der Waals surface area contributed by atoms with Gasteiger partial charge in [-0.25, -0.2) is 9.18 Å². The smallest absolute Gasteiger partial charge is 0.407 e. The topological polar surface area (TPSA) is 70.0 Å². The zero-order valence-electron chi connectivity index (χ0n) is 14.0. The van der Waals surface area contributed by atoms with Crippen molar-refractivity contribution in [2.75, 3.05) is 19.7 Å². The first-order valence-corrected chi connectivity index (χ1v) is 8.20. The van der Waals surface area contributed by atoms with Crippen LogP contribution in [-0.4, -0.2) is 47.0 Å². The fourth-order valence-electron chi connectivity index (χ4n) is 2.81. The number of hydrogen-bond acceptors (Lipinski definition) is 3. The molecule has 24 heavy (non-hydrogen) atoms. The van der Waals surface area contributed by atoms with E-state index in [4.69, 9.17) is 16.3 Å². The number of aliphatic hydroxyl groups excluding tert-OH is 1. The van der Waals surface area contributed by atoms with Crippen molar-refractivity contribution in [1.82, 2.24) is 4.90 Å². The van der Waals surface area contributed by atoms with Crippen molar-refractivity contribution in [3.63, 3.8) is 0 Å². The van der Waals surface area contributed by atoms with Gasteiger partial charge in [0.05, 0.1) is 30.4 Å². The molecule has 1 saturated heterocycles. The second-order valence-electron chi connectivity index (χ2n) is 7.22. The van der Waals surface area contributed by atoms with Crippen LogP contribution in [0, 0.1) is 17.2 Å². The number of halogens is 2. The highest BCUT2D eigenvalue weighted by Crippen LogP contribution is 2.37. The van der Waals surface area contributed by atoms with Gasteiger partial charge in [0.1, 0.15) is 5.82 Å². The highest BCUT2D eigenvalue weighted by Gasteiger charge is 2.39. The Bertz CT molecular complexity index is 605. The summed E-state index contributed by atoms with van der Waals surface area (Å²) in [4.78, 5) is 12.8. The average Bonchev–Trinajstić information content (AvgIpc) is 2.69. The van der Waals surface area contributed by atoms with E-state index in [-0.39, 0.29) is 36.2 Å². The molecule has 1 aromatic carbocycles. The van der Waals surface area contributed by atoms with Crippen LogP contribution in [0.5, 0.6) is 0 Å². The minimum Gasteiger partial charge on any atom is -0.465 e. The Morgan fingerprint density at radius 3 is 2.58 bits per heavy atom. The van der Waals surface area contributed by atoms with Crippen molar-refractivity contribution in [1.29, 1.82) is 0 Å². The van der Waals surface area contributed by atoms with Gasteiger partial charge in [-0.2, -0.15) is 0 Å². The number of carboxylic acid groups (broad SMARTS) is 1. The molecule has 0 spiro atoms. The van der Waals surface area contributed by atoms with Gasteiger partial charge >= 0.3 is 6.09 Å². The molecular weight excluding hydrogens is 337 g/mol. The number of ether oxygens (including phenoxy) is 1. The molecule has 1 heterocycles. The lowest BCUT2D eigenvalue weighted by Gasteiger charge is -2.34. The number of hydrogen-bond donors (Lipinski definition) is 2. The summed E-state index contributed by atoms with van der Waals surface area (Å²) in [5.41, 5.74) is 0.321. The molecule has 0 aromatic heterocycles. The van der Waals surface area contributed by atoms with Gasteiger partial charge in [-0.3, -0.25) is 0 Å². The molecule has 0 radical (unpaired) electrons. The summed E-state index contributed by atoms with van der Waals surface area (Å²) < 4.78 is 19.6. The molecule has 0 aliphatic carbocycles. The summed E-state index contributed by atoms with van der Waals surface area (Å²) in [5, 5.41) is 19.1. The number of aliphatic hydroxyl groups is 1. The number of benzene rings is 1. The molecular formula is C17H23ClFNO4. The van der Waals surface area contributed by atoms with Crippen molar-refractivity contribution in [2.24, 2.45) is 11.3 Å². The summed E-state index contributed by atoms with van der Waals surface area (Å²) in [6, 6.07) is 4.28. The SMILES string of the molecule is CC(C)(C)C1CN(C(=O)O)CC(CO)C(c2ccc(F)c(Cl)c2)O1. The van der Waals surface area contributed by atoms with E-state index in [1.54, 1.807) is 6.07 Å². The summed E-state index contributed by atoms with van der Waals surface area (Å²) in [5.74, 6) is -0.996. The Labute approximate surface area is 146 Å². The Morgan fingerprint density at radius 2 is 2.08 bits per heavy atom.